The molecule has 0 aliphatic heterocycles. The summed E-state index contributed by atoms with van der Waals surface area (Å²) >= 11 is 1.49. The maximum Gasteiger partial charge on any atom is 0.304 e. The molecule has 2 aromatic carbocycles. The highest BCUT2D eigenvalue weighted by molar-refractivity contribution is 7.09. The second-order valence-corrected chi connectivity index (χ2v) is 8.09. The lowest BCUT2D eigenvalue weighted by Gasteiger charge is -2.25. The van der Waals surface area contributed by atoms with Gasteiger partial charge in [-0.15, -0.1) is 11.3 Å². The fourth-order valence-corrected chi connectivity index (χ4v) is 4.57. The molecule has 0 unspecified atom stereocenters. The first-order valence-electron chi connectivity index (χ1n) is 9.12. The van der Waals surface area contributed by atoms with E-state index >= 15 is 0 Å². The van der Waals surface area contributed by atoms with E-state index in [-0.39, 0.29) is 12.3 Å². The number of hydrogen-bond donors (Lipinski definition) is 2. The van der Waals surface area contributed by atoms with Crippen LogP contribution in [0, 0.1) is 5.41 Å². The Kier molecular flexibility index (Phi) is 4.96. The van der Waals surface area contributed by atoms with Crippen molar-refractivity contribution in [1.29, 1.82) is 0 Å². The first kappa shape index (κ1) is 18.4. The molecule has 1 amide bonds. The maximum absolute atomic E-state index is 13.0. The minimum Gasteiger partial charge on any atom is -0.481 e. The van der Waals surface area contributed by atoms with Gasteiger partial charge in [0.05, 0.1) is 24.1 Å². The summed E-state index contributed by atoms with van der Waals surface area (Å²) in [6.07, 6.45) is 0.726. The number of benzene rings is 2. The van der Waals surface area contributed by atoms with E-state index < -0.39 is 11.4 Å². The lowest BCUT2D eigenvalue weighted by atomic mass is 9.80. The van der Waals surface area contributed by atoms with Crippen LogP contribution < -0.4 is 5.32 Å². The third kappa shape index (κ3) is 3.68. The van der Waals surface area contributed by atoms with Crippen molar-refractivity contribution in [1.82, 2.24) is 10.3 Å². The Hall–Kier alpha value is -2.99. The van der Waals surface area contributed by atoms with Gasteiger partial charge in [-0.05, 0) is 24.0 Å². The lowest BCUT2D eigenvalue weighted by Crippen LogP contribution is -2.43. The van der Waals surface area contributed by atoms with Crippen LogP contribution in [0.1, 0.15) is 22.6 Å². The number of carboxylic acids is 1. The average molecular weight is 392 g/mol. The smallest absolute Gasteiger partial charge is 0.304 e. The number of amides is 1. The van der Waals surface area contributed by atoms with Gasteiger partial charge in [-0.1, -0.05) is 54.6 Å². The number of rotatable bonds is 6. The Morgan fingerprint density at radius 1 is 1.04 bits per heavy atom. The molecule has 0 spiro atoms. The van der Waals surface area contributed by atoms with E-state index in [1.54, 1.807) is 0 Å². The molecule has 0 saturated carbocycles. The largest absolute Gasteiger partial charge is 0.481 e. The van der Waals surface area contributed by atoms with Crippen LogP contribution in [-0.2, 0) is 29.0 Å². The van der Waals surface area contributed by atoms with E-state index in [0.717, 1.165) is 27.4 Å². The zero-order chi connectivity index (χ0) is 19.6. The molecule has 142 valence electrons. The van der Waals surface area contributed by atoms with E-state index in [0.29, 0.717) is 19.4 Å². The van der Waals surface area contributed by atoms with E-state index in [1.165, 1.54) is 11.3 Å². The predicted octanol–water partition coefficient (Wildman–Crippen LogP) is 3.69. The van der Waals surface area contributed by atoms with Gasteiger partial charge in [0.2, 0.25) is 5.91 Å². The summed E-state index contributed by atoms with van der Waals surface area (Å²) in [5.74, 6) is -1.17. The SMILES string of the molecule is O=C(O)CC1(C(=O)NCc2nc(-c3ccccc3)cs2)Cc2ccccc2C1. The van der Waals surface area contributed by atoms with Crippen LogP contribution in [0.5, 0.6) is 0 Å². The van der Waals surface area contributed by atoms with Crippen molar-refractivity contribution in [2.45, 2.75) is 25.8 Å². The molecular weight excluding hydrogens is 372 g/mol. The van der Waals surface area contributed by atoms with Crippen molar-refractivity contribution in [2.24, 2.45) is 5.41 Å². The molecule has 1 aromatic heterocycles. The topological polar surface area (TPSA) is 79.3 Å². The predicted molar refractivity (Wildman–Crippen MR) is 108 cm³/mol. The Morgan fingerprint density at radius 3 is 2.32 bits per heavy atom. The number of carbonyl (C=O) groups excluding carboxylic acids is 1. The molecule has 2 N–H and O–H groups in total. The molecule has 0 atom stereocenters. The summed E-state index contributed by atoms with van der Waals surface area (Å²) in [7, 11) is 0. The summed E-state index contributed by atoms with van der Waals surface area (Å²) < 4.78 is 0. The number of nitrogens with one attached hydrogen (secondary N) is 1. The molecule has 1 heterocycles. The number of nitrogens with zero attached hydrogens (tertiary/aromatic N) is 1. The van der Waals surface area contributed by atoms with Gasteiger partial charge in [0.15, 0.2) is 0 Å². The summed E-state index contributed by atoms with van der Waals surface area (Å²) in [5.41, 5.74) is 3.09. The third-order valence-electron chi connectivity index (χ3n) is 5.17. The average Bonchev–Trinajstić information content (AvgIpc) is 3.31. The van der Waals surface area contributed by atoms with Gasteiger partial charge < -0.3 is 10.4 Å². The third-order valence-corrected chi connectivity index (χ3v) is 6.02. The van der Waals surface area contributed by atoms with E-state index in [9.17, 15) is 14.7 Å². The number of fused-ring (bicyclic) bond motifs is 1. The van der Waals surface area contributed by atoms with Crippen LogP contribution in [0.4, 0.5) is 0 Å². The van der Waals surface area contributed by atoms with Crippen molar-refractivity contribution >= 4 is 23.2 Å². The summed E-state index contributed by atoms with van der Waals surface area (Å²) in [4.78, 5) is 29.1. The minimum absolute atomic E-state index is 0.180. The van der Waals surface area contributed by atoms with E-state index in [4.69, 9.17) is 0 Å². The molecule has 5 nitrogen and oxygen atoms in total. The first-order chi connectivity index (χ1) is 13.6. The van der Waals surface area contributed by atoms with Crippen molar-refractivity contribution < 1.29 is 14.7 Å². The Bertz CT molecular complexity index is 988. The van der Waals surface area contributed by atoms with Crippen molar-refractivity contribution in [2.75, 3.05) is 0 Å². The molecule has 0 saturated heterocycles. The van der Waals surface area contributed by atoms with Crippen LogP contribution >= 0.6 is 11.3 Å². The highest BCUT2D eigenvalue weighted by atomic mass is 32.1. The molecule has 0 fully saturated rings. The van der Waals surface area contributed by atoms with Crippen molar-refractivity contribution in [3.63, 3.8) is 0 Å². The molecule has 3 aromatic rings. The monoisotopic (exact) mass is 392 g/mol. The van der Waals surface area contributed by atoms with Gasteiger partial charge in [-0.25, -0.2) is 4.98 Å². The summed E-state index contributed by atoms with van der Waals surface area (Å²) in [6.45, 7) is 0.300. The second-order valence-electron chi connectivity index (χ2n) is 7.15. The Morgan fingerprint density at radius 2 is 1.68 bits per heavy atom. The fraction of sp³-hybridized carbons (Fsp3) is 0.227. The summed E-state index contributed by atoms with van der Waals surface area (Å²) in [6, 6.07) is 17.7. The van der Waals surface area contributed by atoms with Crippen molar-refractivity contribution in [3.05, 3.63) is 76.1 Å². The van der Waals surface area contributed by atoms with Crippen LogP contribution in [0.3, 0.4) is 0 Å². The van der Waals surface area contributed by atoms with Gasteiger partial charge in [0, 0.05) is 10.9 Å². The number of aliphatic carboxylic acids is 1. The normalized spacial score (nSPS) is 14.4. The minimum atomic E-state index is -0.955. The molecular formula is C22H20N2O3S. The molecule has 0 radical (unpaired) electrons. The molecule has 6 heteroatoms. The van der Waals surface area contributed by atoms with Crippen LogP contribution in [0.25, 0.3) is 11.3 Å². The highest BCUT2D eigenvalue weighted by Crippen LogP contribution is 2.40. The number of hydrogen-bond acceptors (Lipinski definition) is 4. The number of aromatic nitrogens is 1. The van der Waals surface area contributed by atoms with Crippen molar-refractivity contribution in [3.8, 4) is 11.3 Å². The van der Waals surface area contributed by atoms with E-state index in [1.807, 2.05) is 60.0 Å². The molecule has 0 bridgehead atoms. The van der Waals surface area contributed by atoms with Crippen LogP contribution in [0.15, 0.2) is 60.0 Å². The van der Waals surface area contributed by atoms with Gasteiger partial charge >= 0.3 is 5.97 Å². The second kappa shape index (κ2) is 7.56. The fourth-order valence-electron chi connectivity index (χ4n) is 3.83. The molecule has 4 rings (SSSR count). The van der Waals surface area contributed by atoms with E-state index in [2.05, 4.69) is 10.3 Å². The zero-order valence-electron chi connectivity index (χ0n) is 15.2. The van der Waals surface area contributed by atoms with Gasteiger partial charge in [0.1, 0.15) is 5.01 Å². The van der Waals surface area contributed by atoms with Gasteiger partial charge in [-0.3, -0.25) is 9.59 Å². The molecule has 1 aliphatic carbocycles. The summed E-state index contributed by atoms with van der Waals surface area (Å²) in [5, 5.41) is 15.1. The lowest BCUT2D eigenvalue weighted by molar-refractivity contribution is -0.145. The zero-order valence-corrected chi connectivity index (χ0v) is 16.0. The Labute approximate surface area is 167 Å². The molecule has 28 heavy (non-hydrogen) atoms. The number of carboxylic acid groups (broad SMARTS) is 1. The number of thiazole rings is 1. The van der Waals surface area contributed by atoms with Crippen LogP contribution in [-0.4, -0.2) is 22.0 Å². The van der Waals surface area contributed by atoms with Gasteiger partial charge in [-0.2, -0.15) is 0 Å². The Balaban J connectivity index is 1.47. The first-order valence-corrected chi connectivity index (χ1v) is 10.0. The maximum atomic E-state index is 13.0. The van der Waals surface area contributed by atoms with Gasteiger partial charge in [0.25, 0.3) is 0 Å². The number of carbonyl (C=O) groups is 2. The van der Waals surface area contributed by atoms with Crippen LogP contribution in [0.2, 0.25) is 0 Å². The standard InChI is InChI=1S/C22H20N2O3S/c25-20(26)12-22(10-16-8-4-5-9-17(16)11-22)21(27)23-13-19-24-18(14-28-19)15-6-2-1-3-7-15/h1-9,14H,10-13H2,(H,23,27)(H,25,26). The quantitative estimate of drug-likeness (QED) is 0.671. The molecule has 1 aliphatic rings. The highest BCUT2D eigenvalue weighted by Gasteiger charge is 2.45.